The normalized spacial score (nSPS) is 23.9. The van der Waals surface area contributed by atoms with Crippen LogP contribution < -0.4 is 4.90 Å². The van der Waals surface area contributed by atoms with E-state index in [1.165, 1.54) is 6.42 Å². The van der Waals surface area contributed by atoms with Crippen LogP contribution in [0, 0.1) is 23.2 Å². The van der Waals surface area contributed by atoms with Crippen LogP contribution in [-0.4, -0.2) is 46.9 Å². The standard InChI is InChI=1S/C24H33NO5S/c1-15(26)12-20-22(27)25(19(14-30-20)16-8-6-5-7-9-16)18-13-17(10-11-24(2,3)4)31-21(18)23(28)29/h13,15-16,19-20,26H,5-9,12,14H2,1-4H3,(H,28,29)/t15-,19-,20+/m0/s1. The molecular formula is C24H33NO5S. The SMILES string of the molecule is C[C@H](O)C[C@H]1OC[C@@H](C2CCCCC2)N(c2cc(C#CC(C)(C)C)sc2C(=O)O)C1=O. The number of nitrogens with zero attached hydrogens (tertiary/aromatic N) is 1. The molecule has 1 saturated heterocycles. The van der Waals surface area contributed by atoms with E-state index in [0.29, 0.717) is 17.2 Å². The van der Waals surface area contributed by atoms with Crippen molar-refractivity contribution in [1.29, 1.82) is 0 Å². The van der Waals surface area contributed by atoms with E-state index < -0.39 is 18.2 Å². The van der Waals surface area contributed by atoms with Crippen molar-refractivity contribution in [3.63, 3.8) is 0 Å². The zero-order chi connectivity index (χ0) is 22.8. The zero-order valence-electron chi connectivity index (χ0n) is 18.8. The molecule has 0 spiro atoms. The van der Waals surface area contributed by atoms with Crippen molar-refractivity contribution in [2.45, 2.75) is 84.5 Å². The highest BCUT2D eigenvalue weighted by Crippen LogP contribution is 2.39. The van der Waals surface area contributed by atoms with Crippen molar-refractivity contribution in [1.82, 2.24) is 0 Å². The van der Waals surface area contributed by atoms with Gasteiger partial charge in [0.2, 0.25) is 0 Å². The number of aliphatic hydroxyl groups is 1. The molecule has 7 heteroatoms. The summed E-state index contributed by atoms with van der Waals surface area (Å²) in [6.07, 6.45) is 4.15. The van der Waals surface area contributed by atoms with Crippen LogP contribution in [0.4, 0.5) is 5.69 Å². The van der Waals surface area contributed by atoms with Gasteiger partial charge in [0.05, 0.1) is 29.3 Å². The van der Waals surface area contributed by atoms with Gasteiger partial charge in [-0.15, -0.1) is 11.3 Å². The van der Waals surface area contributed by atoms with Gasteiger partial charge >= 0.3 is 5.97 Å². The van der Waals surface area contributed by atoms with Crippen LogP contribution in [0.1, 0.15) is 80.8 Å². The first-order valence-electron chi connectivity index (χ1n) is 11.1. The van der Waals surface area contributed by atoms with Crippen LogP contribution in [-0.2, 0) is 9.53 Å². The van der Waals surface area contributed by atoms with E-state index in [4.69, 9.17) is 4.74 Å². The molecule has 170 valence electrons. The summed E-state index contributed by atoms with van der Waals surface area (Å²) >= 11 is 1.11. The first-order valence-corrected chi connectivity index (χ1v) is 11.9. The predicted molar refractivity (Wildman–Crippen MR) is 121 cm³/mol. The number of carboxylic acid groups (broad SMARTS) is 1. The van der Waals surface area contributed by atoms with Crippen LogP contribution in [0.3, 0.4) is 0 Å². The van der Waals surface area contributed by atoms with Crippen LogP contribution in [0.5, 0.6) is 0 Å². The van der Waals surface area contributed by atoms with Crippen molar-refractivity contribution >= 4 is 28.9 Å². The third-order valence-corrected chi connectivity index (χ3v) is 6.82. The maximum Gasteiger partial charge on any atom is 0.348 e. The lowest BCUT2D eigenvalue weighted by Gasteiger charge is -2.44. The van der Waals surface area contributed by atoms with Crippen molar-refractivity contribution in [2.75, 3.05) is 11.5 Å². The van der Waals surface area contributed by atoms with E-state index in [0.717, 1.165) is 37.0 Å². The van der Waals surface area contributed by atoms with Gasteiger partial charge in [-0.05, 0) is 52.5 Å². The smallest absolute Gasteiger partial charge is 0.348 e. The fraction of sp³-hybridized carbons (Fsp3) is 0.667. The molecule has 2 heterocycles. The molecule has 3 rings (SSSR count). The number of morpholine rings is 1. The molecule has 0 radical (unpaired) electrons. The summed E-state index contributed by atoms with van der Waals surface area (Å²) in [5.74, 6) is 5.19. The number of hydrogen-bond acceptors (Lipinski definition) is 5. The number of aromatic carboxylic acids is 1. The van der Waals surface area contributed by atoms with E-state index in [2.05, 4.69) is 11.8 Å². The van der Waals surface area contributed by atoms with Crippen LogP contribution in [0.2, 0.25) is 0 Å². The Labute approximate surface area is 188 Å². The number of carboxylic acids is 1. The average molecular weight is 448 g/mol. The Kier molecular flexibility index (Phi) is 7.46. The van der Waals surface area contributed by atoms with Gasteiger partial charge in [0, 0.05) is 11.8 Å². The second kappa shape index (κ2) is 9.72. The predicted octanol–water partition coefficient (Wildman–Crippen LogP) is 4.30. The molecule has 0 aromatic carbocycles. The van der Waals surface area contributed by atoms with Crippen molar-refractivity contribution in [3.8, 4) is 11.8 Å². The third kappa shape index (κ3) is 5.88. The van der Waals surface area contributed by atoms with Gasteiger partial charge in [0.25, 0.3) is 5.91 Å². The quantitative estimate of drug-likeness (QED) is 0.658. The number of aliphatic hydroxyl groups excluding tert-OH is 1. The molecule has 6 nitrogen and oxygen atoms in total. The molecule has 31 heavy (non-hydrogen) atoms. The second-order valence-electron chi connectivity index (χ2n) is 9.71. The largest absolute Gasteiger partial charge is 0.477 e. The first-order chi connectivity index (χ1) is 14.6. The summed E-state index contributed by atoms with van der Waals surface area (Å²) in [5.41, 5.74) is 0.199. The molecule has 2 N–H and O–H groups in total. The molecule has 1 aliphatic heterocycles. The van der Waals surface area contributed by atoms with Crippen molar-refractivity contribution < 1.29 is 24.5 Å². The number of carbonyl (C=O) groups is 2. The Morgan fingerprint density at radius 3 is 2.58 bits per heavy atom. The summed E-state index contributed by atoms with van der Waals surface area (Å²) in [4.78, 5) is 28.0. The van der Waals surface area contributed by atoms with Gasteiger partial charge in [-0.25, -0.2) is 4.79 Å². The second-order valence-corrected chi connectivity index (χ2v) is 10.8. The molecule has 1 aromatic heterocycles. The van der Waals surface area contributed by atoms with Crippen LogP contribution in [0.25, 0.3) is 0 Å². The number of ether oxygens (including phenoxy) is 1. The summed E-state index contributed by atoms with van der Waals surface area (Å²) in [7, 11) is 0. The summed E-state index contributed by atoms with van der Waals surface area (Å²) in [6, 6.07) is 1.54. The molecule has 1 saturated carbocycles. The van der Waals surface area contributed by atoms with Crippen molar-refractivity contribution in [2.24, 2.45) is 11.3 Å². The molecule has 1 aliphatic carbocycles. The Hall–Kier alpha value is -1.88. The van der Waals surface area contributed by atoms with E-state index in [1.54, 1.807) is 17.9 Å². The van der Waals surface area contributed by atoms with E-state index in [9.17, 15) is 19.8 Å². The van der Waals surface area contributed by atoms with Crippen LogP contribution >= 0.6 is 11.3 Å². The fourth-order valence-corrected chi connectivity index (χ4v) is 5.19. The Morgan fingerprint density at radius 2 is 2.00 bits per heavy atom. The van der Waals surface area contributed by atoms with Gasteiger partial charge < -0.3 is 19.8 Å². The highest BCUT2D eigenvalue weighted by molar-refractivity contribution is 7.15. The van der Waals surface area contributed by atoms with Gasteiger partial charge in [0.1, 0.15) is 11.0 Å². The van der Waals surface area contributed by atoms with E-state index in [1.807, 2.05) is 20.8 Å². The Bertz CT molecular complexity index is 867. The molecule has 2 aliphatic rings. The number of hydrogen-bond donors (Lipinski definition) is 2. The third-order valence-electron chi connectivity index (χ3n) is 5.79. The van der Waals surface area contributed by atoms with Gasteiger partial charge in [-0.1, -0.05) is 31.1 Å². The molecule has 1 amide bonds. The first kappa shape index (κ1) is 23.8. The highest BCUT2D eigenvalue weighted by Gasteiger charge is 2.43. The van der Waals surface area contributed by atoms with E-state index in [-0.39, 0.29) is 34.6 Å². The van der Waals surface area contributed by atoms with Gasteiger partial charge in [-0.3, -0.25) is 4.79 Å². The molecule has 0 unspecified atom stereocenters. The number of anilines is 1. The summed E-state index contributed by atoms with van der Waals surface area (Å²) < 4.78 is 5.89. The van der Waals surface area contributed by atoms with Crippen molar-refractivity contribution in [3.05, 3.63) is 15.8 Å². The molecule has 2 fully saturated rings. The number of amides is 1. The number of carbonyl (C=O) groups excluding carboxylic acids is 1. The Balaban J connectivity index is 2.03. The molecule has 0 bridgehead atoms. The monoisotopic (exact) mass is 447 g/mol. The summed E-state index contributed by atoms with van der Waals surface area (Å²) in [5, 5.41) is 19.7. The van der Waals surface area contributed by atoms with Gasteiger partial charge in [-0.2, -0.15) is 0 Å². The minimum Gasteiger partial charge on any atom is -0.477 e. The zero-order valence-corrected chi connectivity index (χ0v) is 19.6. The Morgan fingerprint density at radius 1 is 1.32 bits per heavy atom. The fourth-order valence-electron chi connectivity index (χ4n) is 4.35. The van der Waals surface area contributed by atoms with Crippen LogP contribution in [0.15, 0.2) is 6.07 Å². The number of rotatable bonds is 5. The lowest BCUT2D eigenvalue weighted by Crippen LogP contribution is -2.57. The molecule has 3 atom stereocenters. The highest BCUT2D eigenvalue weighted by atomic mass is 32.1. The molecule has 1 aromatic rings. The topological polar surface area (TPSA) is 87.1 Å². The maximum atomic E-state index is 13.5. The van der Waals surface area contributed by atoms with Gasteiger partial charge in [0.15, 0.2) is 0 Å². The average Bonchev–Trinajstić information content (AvgIpc) is 3.12. The minimum absolute atomic E-state index is 0.130. The molecular weight excluding hydrogens is 414 g/mol. The van der Waals surface area contributed by atoms with E-state index >= 15 is 0 Å². The number of thiophene rings is 1. The lowest BCUT2D eigenvalue weighted by molar-refractivity contribution is -0.139. The maximum absolute atomic E-state index is 13.5. The summed E-state index contributed by atoms with van der Waals surface area (Å²) in [6.45, 7) is 7.97. The lowest BCUT2D eigenvalue weighted by atomic mass is 9.82. The minimum atomic E-state index is -1.06.